The van der Waals surface area contributed by atoms with Crippen molar-refractivity contribution >= 4 is 33.5 Å². The van der Waals surface area contributed by atoms with Crippen LogP contribution in [0, 0.1) is 0 Å². The molecule has 1 fully saturated rings. The van der Waals surface area contributed by atoms with Crippen LogP contribution in [0.2, 0.25) is 5.15 Å². The van der Waals surface area contributed by atoms with Crippen LogP contribution in [-0.2, 0) is 10.1 Å². The van der Waals surface area contributed by atoms with Crippen molar-refractivity contribution in [3.63, 3.8) is 0 Å². The van der Waals surface area contributed by atoms with Crippen LogP contribution in [0.25, 0.3) is 0 Å². The first-order chi connectivity index (χ1) is 7.67. The number of alkyl halides is 1. The number of halogens is 2. The van der Waals surface area contributed by atoms with E-state index in [0.29, 0.717) is 22.0 Å². The minimum atomic E-state index is -0.361. The van der Waals surface area contributed by atoms with Crippen molar-refractivity contribution in [3.05, 3.63) is 28.0 Å². The second kappa shape index (κ2) is 4.72. The number of pyridine rings is 1. The summed E-state index contributed by atoms with van der Waals surface area (Å²) in [5.74, 6) is 0.0929. The van der Waals surface area contributed by atoms with Gasteiger partial charge in [-0.2, -0.15) is 0 Å². The lowest BCUT2D eigenvalue weighted by Gasteiger charge is -2.10. The minimum Gasteiger partial charge on any atom is -0.465 e. The van der Waals surface area contributed by atoms with Crippen molar-refractivity contribution in [2.24, 2.45) is 0 Å². The zero-order chi connectivity index (χ0) is 11.7. The van der Waals surface area contributed by atoms with Crippen LogP contribution in [0.4, 0.5) is 0 Å². The third-order valence-electron chi connectivity index (χ3n) is 2.63. The molecular weight excluding hydrogens is 293 g/mol. The molecule has 2 rings (SSSR count). The maximum absolute atomic E-state index is 11.6. The number of ether oxygens (including phenoxy) is 1. The monoisotopic (exact) mass is 303 g/mol. The molecule has 0 bridgehead atoms. The molecule has 0 saturated heterocycles. The van der Waals surface area contributed by atoms with Crippen molar-refractivity contribution in [2.45, 2.75) is 24.1 Å². The highest BCUT2D eigenvalue weighted by Crippen LogP contribution is 2.42. The summed E-state index contributed by atoms with van der Waals surface area (Å²) >= 11 is 9.30. The maximum Gasteiger partial charge on any atom is 0.338 e. The van der Waals surface area contributed by atoms with Gasteiger partial charge in [-0.25, -0.2) is 9.78 Å². The number of hydrogen-bond acceptors (Lipinski definition) is 3. The van der Waals surface area contributed by atoms with Gasteiger partial charge < -0.3 is 4.74 Å². The van der Waals surface area contributed by atoms with E-state index in [1.54, 1.807) is 6.07 Å². The molecule has 0 N–H and O–H groups in total. The predicted molar refractivity (Wildman–Crippen MR) is 65.2 cm³/mol. The molecule has 3 nitrogen and oxygen atoms in total. The standard InChI is InChI=1S/C11H11BrClNO2/c1-16-11(15)7-4-9(13)14-10(6-2-3-6)8(7)5-12/h4,6H,2-3,5H2,1H3. The van der Waals surface area contributed by atoms with E-state index in [9.17, 15) is 4.79 Å². The zero-order valence-electron chi connectivity index (χ0n) is 8.80. The number of carbonyl (C=O) groups is 1. The number of esters is 1. The summed E-state index contributed by atoms with van der Waals surface area (Å²) in [6, 6.07) is 1.57. The summed E-state index contributed by atoms with van der Waals surface area (Å²) in [5, 5.41) is 0.944. The summed E-state index contributed by atoms with van der Waals surface area (Å²) in [5.41, 5.74) is 2.35. The number of carbonyl (C=O) groups excluding carboxylic acids is 1. The van der Waals surface area contributed by atoms with Crippen molar-refractivity contribution < 1.29 is 9.53 Å². The molecule has 1 saturated carbocycles. The number of hydrogen-bond donors (Lipinski definition) is 0. The van der Waals surface area contributed by atoms with Gasteiger partial charge in [0, 0.05) is 11.2 Å². The Balaban J connectivity index is 2.53. The SMILES string of the molecule is COC(=O)c1cc(Cl)nc(C2CC2)c1CBr. The van der Waals surface area contributed by atoms with Gasteiger partial charge in [-0.1, -0.05) is 27.5 Å². The number of aromatic nitrogens is 1. The van der Waals surface area contributed by atoms with Gasteiger partial charge in [0.25, 0.3) is 0 Å². The summed E-state index contributed by atoms with van der Waals surface area (Å²) in [6.45, 7) is 0. The highest BCUT2D eigenvalue weighted by atomic mass is 79.9. The molecule has 0 spiro atoms. The van der Waals surface area contributed by atoms with E-state index in [4.69, 9.17) is 16.3 Å². The van der Waals surface area contributed by atoms with Gasteiger partial charge in [0.1, 0.15) is 5.15 Å². The maximum atomic E-state index is 11.6. The fourth-order valence-corrected chi connectivity index (χ4v) is 2.48. The smallest absolute Gasteiger partial charge is 0.338 e. The van der Waals surface area contributed by atoms with Crippen LogP contribution < -0.4 is 0 Å². The van der Waals surface area contributed by atoms with Crippen LogP contribution in [0.15, 0.2) is 6.07 Å². The van der Waals surface area contributed by atoms with Gasteiger partial charge in [-0.15, -0.1) is 0 Å². The molecule has 1 aromatic rings. The molecule has 16 heavy (non-hydrogen) atoms. The van der Waals surface area contributed by atoms with Gasteiger partial charge in [0.05, 0.1) is 18.4 Å². The second-order valence-corrected chi connectivity index (χ2v) is 4.70. The van der Waals surface area contributed by atoms with Crippen molar-refractivity contribution in [1.82, 2.24) is 4.98 Å². The number of rotatable bonds is 3. The fourth-order valence-electron chi connectivity index (χ4n) is 1.69. The number of methoxy groups -OCH3 is 1. The Kier molecular flexibility index (Phi) is 3.50. The Morgan fingerprint density at radius 1 is 1.69 bits per heavy atom. The molecule has 5 heteroatoms. The van der Waals surface area contributed by atoms with Gasteiger partial charge >= 0.3 is 5.97 Å². The average molecular weight is 305 g/mol. The molecule has 0 aromatic carbocycles. The summed E-state index contributed by atoms with van der Waals surface area (Å²) < 4.78 is 4.74. The molecular formula is C11H11BrClNO2. The summed E-state index contributed by atoms with van der Waals surface area (Å²) in [7, 11) is 1.37. The van der Waals surface area contributed by atoms with E-state index in [2.05, 4.69) is 20.9 Å². The molecule has 0 atom stereocenters. The van der Waals surface area contributed by atoms with Crippen molar-refractivity contribution in [1.29, 1.82) is 0 Å². The minimum absolute atomic E-state index is 0.354. The predicted octanol–water partition coefficient (Wildman–Crippen LogP) is 3.29. The second-order valence-electron chi connectivity index (χ2n) is 3.76. The molecule has 0 amide bonds. The average Bonchev–Trinajstić information content (AvgIpc) is 3.10. The van der Waals surface area contributed by atoms with Crippen LogP contribution in [0.3, 0.4) is 0 Å². The van der Waals surface area contributed by atoms with Gasteiger partial charge in [0.15, 0.2) is 0 Å². The Hall–Kier alpha value is -0.610. The van der Waals surface area contributed by atoms with E-state index < -0.39 is 0 Å². The van der Waals surface area contributed by atoms with Gasteiger partial charge in [-0.3, -0.25) is 0 Å². The third-order valence-corrected chi connectivity index (χ3v) is 3.38. The largest absolute Gasteiger partial charge is 0.465 e. The Labute approximate surface area is 107 Å². The Morgan fingerprint density at radius 2 is 2.38 bits per heavy atom. The Bertz CT molecular complexity index is 432. The van der Waals surface area contributed by atoms with Crippen LogP contribution in [-0.4, -0.2) is 18.1 Å². The summed E-state index contributed by atoms with van der Waals surface area (Å²) in [6.07, 6.45) is 2.24. The normalized spacial score (nSPS) is 14.9. The molecule has 86 valence electrons. The number of nitrogens with zero attached hydrogens (tertiary/aromatic N) is 1. The lowest BCUT2D eigenvalue weighted by atomic mass is 10.1. The molecule has 0 unspecified atom stereocenters. The first kappa shape index (κ1) is 11.9. The molecule has 1 heterocycles. The molecule has 1 aliphatic rings. The van der Waals surface area contributed by atoms with Gasteiger partial charge in [-0.05, 0) is 24.5 Å². The topological polar surface area (TPSA) is 39.2 Å². The van der Waals surface area contributed by atoms with Crippen molar-refractivity contribution in [2.75, 3.05) is 7.11 Å². The highest BCUT2D eigenvalue weighted by Gasteiger charge is 2.30. The van der Waals surface area contributed by atoms with Crippen molar-refractivity contribution in [3.8, 4) is 0 Å². The van der Waals surface area contributed by atoms with Crippen LogP contribution >= 0.6 is 27.5 Å². The first-order valence-electron chi connectivity index (χ1n) is 5.01. The van der Waals surface area contributed by atoms with Crippen LogP contribution in [0.1, 0.15) is 40.4 Å². The lowest BCUT2D eigenvalue weighted by Crippen LogP contribution is -2.09. The van der Waals surface area contributed by atoms with Crippen LogP contribution in [0.5, 0.6) is 0 Å². The molecule has 0 aliphatic heterocycles. The first-order valence-corrected chi connectivity index (χ1v) is 6.51. The van der Waals surface area contributed by atoms with E-state index >= 15 is 0 Å². The molecule has 0 radical (unpaired) electrons. The molecule has 1 aliphatic carbocycles. The van der Waals surface area contributed by atoms with E-state index in [1.165, 1.54) is 7.11 Å². The van der Waals surface area contributed by atoms with Gasteiger partial charge in [0.2, 0.25) is 0 Å². The fraction of sp³-hybridized carbons (Fsp3) is 0.455. The highest BCUT2D eigenvalue weighted by molar-refractivity contribution is 9.08. The molecule has 1 aromatic heterocycles. The zero-order valence-corrected chi connectivity index (χ0v) is 11.1. The Morgan fingerprint density at radius 3 is 2.88 bits per heavy atom. The van der Waals surface area contributed by atoms with E-state index in [0.717, 1.165) is 24.1 Å². The van der Waals surface area contributed by atoms with E-state index in [-0.39, 0.29) is 5.97 Å². The van der Waals surface area contributed by atoms with E-state index in [1.807, 2.05) is 0 Å². The summed E-state index contributed by atoms with van der Waals surface area (Å²) in [4.78, 5) is 15.9. The lowest BCUT2D eigenvalue weighted by molar-refractivity contribution is 0.0599. The quantitative estimate of drug-likeness (QED) is 0.489. The third kappa shape index (κ3) is 2.23.